The summed E-state index contributed by atoms with van der Waals surface area (Å²) in [5, 5.41) is 2.81. The highest BCUT2D eigenvalue weighted by atomic mass is 32.2. The monoisotopic (exact) mass is 612 g/mol. The highest BCUT2D eigenvalue weighted by molar-refractivity contribution is 7.91. The highest BCUT2D eigenvalue weighted by Crippen LogP contribution is 2.43. The zero-order valence-corrected chi connectivity index (χ0v) is 26.2. The number of methoxy groups -OCH3 is 1. The van der Waals surface area contributed by atoms with Crippen molar-refractivity contribution in [3.8, 4) is 11.5 Å². The van der Waals surface area contributed by atoms with E-state index in [2.05, 4.69) is 10.3 Å². The maximum Gasteiger partial charge on any atom is 0.229 e. The summed E-state index contributed by atoms with van der Waals surface area (Å²) in [6.07, 6.45) is 1.16. The highest BCUT2D eigenvalue weighted by Gasteiger charge is 2.42. The van der Waals surface area contributed by atoms with E-state index in [0.717, 1.165) is 22.4 Å². The molecule has 228 valence electrons. The second-order valence-corrected chi connectivity index (χ2v) is 13.5. The van der Waals surface area contributed by atoms with E-state index in [4.69, 9.17) is 9.47 Å². The minimum atomic E-state index is -3.30. The second-order valence-electron chi connectivity index (χ2n) is 11.2. The number of para-hydroxylation sites is 1. The number of hydrogen-bond donors (Lipinski definition) is 1. The molecule has 1 aromatic heterocycles. The minimum Gasteiger partial charge on any atom is -0.497 e. The average molecular weight is 613 g/mol. The smallest absolute Gasteiger partial charge is 0.229 e. The van der Waals surface area contributed by atoms with E-state index in [-0.39, 0.29) is 28.8 Å². The number of amides is 1. The van der Waals surface area contributed by atoms with Crippen molar-refractivity contribution in [2.75, 3.05) is 18.2 Å². The number of anilines is 1. The molecule has 0 fully saturated rings. The number of ether oxygens (including phenoxy) is 2. The summed E-state index contributed by atoms with van der Waals surface area (Å²) >= 11 is 0. The normalized spacial score (nSPS) is 16.2. The van der Waals surface area contributed by atoms with E-state index in [0.29, 0.717) is 47.8 Å². The van der Waals surface area contributed by atoms with Crippen molar-refractivity contribution in [2.45, 2.75) is 57.0 Å². The van der Waals surface area contributed by atoms with Crippen molar-refractivity contribution in [3.63, 3.8) is 0 Å². The van der Waals surface area contributed by atoms with E-state index in [1.807, 2.05) is 56.3 Å². The SMILES string of the molecule is CCS(=O)(=O)c1ccc(CC(=O)Nc2ccc3c(n2)CCC(C)(c2cccc(C)c2OCc2ccc(OC)cc2)C3=O)cc1. The molecular formula is C35H36N2O6S. The predicted octanol–water partition coefficient (Wildman–Crippen LogP) is 6.04. The summed E-state index contributed by atoms with van der Waals surface area (Å²) in [6.45, 7) is 5.89. The molecule has 1 aliphatic rings. The van der Waals surface area contributed by atoms with Gasteiger partial charge in [-0.3, -0.25) is 9.59 Å². The molecule has 1 amide bonds. The van der Waals surface area contributed by atoms with E-state index in [1.54, 1.807) is 38.3 Å². The van der Waals surface area contributed by atoms with E-state index in [1.165, 1.54) is 12.1 Å². The number of fused-ring (bicyclic) bond motifs is 1. The third-order valence-corrected chi connectivity index (χ3v) is 9.98. The van der Waals surface area contributed by atoms with Crippen LogP contribution in [0.25, 0.3) is 0 Å². The maximum atomic E-state index is 14.0. The van der Waals surface area contributed by atoms with E-state index in [9.17, 15) is 18.0 Å². The largest absolute Gasteiger partial charge is 0.497 e. The summed E-state index contributed by atoms with van der Waals surface area (Å²) in [5.74, 6) is 1.55. The van der Waals surface area contributed by atoms with Gasteiger partial charge in [0.25, 0.3) is 0 Å². The number of nitrogens with one attached hydrogen (secondary N) is 1. The topological polar surface area (TPSA) is 112 Å². The third kappa shape index (κ3) is 6.38. The van der Waals surface area contributed by atoms with Crippen LogP contribution in [0.4, 0.5) is 5.82 Å². The molecule has 0 radical (unpaired) electrons. The zero-order valence-electron chi connectivity index (χ0n) is 25.3. The van der Waals surface area contributed by atoms with Gasteiger partial charge in [-0.2, -0.15) is 0 Å². The number of aromatic nitrogens is 1. The molecule has 0 saturated carbocycles. The van der Waals surface area contributed by atoms with Crippen LogP contribution in [0.5, 0.6) is 11.5 Å². The molecule has 0 bridgehead atoms. The summed E-state index contributed by atoms with van der Waals surface area (Å²) < 4.78 is 35.7. The Hall–Kier alpha value is -4.50. The van der Waals surface area contributed by atoms with Crippen LogP contribution in [0.2, 0.25) is 0 Å². The lowest BCUT2D eigenvalue weighted by Gasteiger charge is -2.35. The van der Waals surface area contributed by atoms with Crippen molar-refractivity contribution in [3.05, 3.63) is 112 Å². The Labute approximate surface area is 258 Å². The number of rotatable bonds is 10. The molecule has 0 aliphatic heterocycles. The Morgan fingerprint density at radius 1 is 0.977 bits per heavy atom. The number of aryl methyl sites for hydroxylation is 2. The van der Waals surface area contributed by atoms with Gasteiger partial charge in [-0.1, -0.05) is 49.4 Å². The number of nitrogens with zero attached hydrogens (tertiary/aromatic N) is 1. The van der Waals surface area contributed by atoms with Crippen molar-refractivity contribution >= 4 is 27.3 Å². The lowest BCUT2D eigenvalue weighted by Crippen LogP contribution is -2.38. The number of benzene rings is 3. The fourth-order valence-electron chi connectivity index (χ4n) is 5.51. The zero-order chi connectivity index (χ0) is 31.5. The van der Waals surface area contributed by atoms with Crippen LogP contribution < -0.4 is 14.8 Å². The molecular weight excluding hydrogens is 576 g/mol. The van der Waals surface area contributed by atoms with Gasteiger partial charge in [-0.05, 0) is 79.8 Å². The lowest BCUT2D eigenvalue weighted by atomic mass is 9.68. The van der Waals surface area contributed by atoms with Crippen molar-refractivity contribution in [1.82, 2.24) is 4.98 Å². The van der Waals surface area contributed by atoms with Gasteiger partial charge in [-0.25, -0.2) is 13.4 Å². The molecule has 1 aliphatic carbocycles. The quantitative estimate of drug-likeness (QED) is 0.232. The molecule has 0 spiro atoms. The number of carbonyl (C=O) groups excluding carboxylic acids is 2. The Morgan fingerprint density at radius 2 is 1.68 bits per heavy atom. The minimum absolute atomic E-state index is 0.0169. The fourth-order valence-corrected chi connectivity index (χ4v) is 6.40. The first kappa shape index (κ1) is 30.9. The Morgan fingerprint density at radius 3 is 2.36 bits per heavy atom. The molecule has 8 nitrogen and oxygen atoms in total. The number of Topliss-reactive ketones (excluding diaryl/α,β-unsaturated/α-hetero) is 1. The van der Waals surface area contributed by atoms with Crippen LogP contribution in [0.15, 0.2) is 83.8 Å². The summed E-state index contributed by atoms with van der Waals surface area (Å²) in [5.41, 5.74) is 3.85. The van der Waals surface area contributed by atoms with Gasteiger partial charge in [0.15, 0.2) is 15.6 Å². The Bertz CT molecular complexity index is 1800. The van der Waals surface area contributed by atoms with Crippen LogP contribution in [0, 0.1) is 6.92 Å². The van der Waals surface area contributed by atoms with Gasteiger partial charge in [0.1, 0.15) is 23.9 Å². The van der Waals surface area contributed by atoms with Crippen molar-refractivity contribution < 1.29 is 27.5 Å². The molecule has 1 unspecified atom stereocenters. The fraction of sp³-hybridized carbons (Fsp3) is 0.286. The number of carbonyl (C=O) groups is 2. The standard InChI is InChI=1S/C35H36N2O6S/c1-5-44(40,41)27-15-11-24(12-16-27)21-32(38)37-31-18-17-28-30(36-31)19-20-35(3,34(28)39)29-8-6-7-23(2)33(29)43-22-25-9-13-26(42-4)14-10-25/h6-18H,5,19-22H2,1-4H3,(H,36,37,38). The third-order valence-electron chi connectivity index (χ3n) is 8.23. The van der Waals surface area contributed by atoms with Crippen LogP contribution in [0.1, 0.15) is 58.6 Å². The summed E-state index contributed by atoms with van der Waals surface area (Å²) in [6, 6.07) is 23.3. The van der Waals surface area contributed by atoms with Crippen molar-refractivity contribution in [1.29, 1.82) is 0 Å². The lowest BCUT2D eigenvalue weighted by molar-refractivity contribution is -0.115. The van der Waals surface area contributed by atoms with Crippen LogP contribution in [-0.2, 0) is 39.5 Å². The first-order chi connectivity index (χ1) is 21.0. The molecule has 9 heteroatoms. The second kappa shape index (κ2) is 12.6. The molecule has 5 rings (SSSR count). The van der Waals surface area contributed by atoms with Crippen LogP contribution >= 0.6 is 0 Å². The van der Waals surface area contributed by atoms with Gasteiger partial charge in [-0.15, -0.1) is 0 Å². The number of sulfone groups is 1. The molecule has 1 heterocycles. The van der Waals surface area contributed by atoms with Crippen LogP contribution in [0.3, 0.4) is 0 Å². The molecule has 0 saturated heterocycles. The Kier molecular flexibility index (Phi) is 8.87. The Balaban J connectivity index is 1.30. The number of ketones is 1. The van der Waals surface area contributed by atoms with Gasteiger partial charge in [0, 0.05) is 11.1 Å². The van der Waals surface area contributed by atoms with Crippen molar-refractivity contribution in [2.24, 2.45) is 0 Å². The first-order valence-electron chi connectivity index (χ1n) is 14.6. The maximum absolute atomic E-state index is 14.0. The van der Waals surface area contributed by atoms with Gasteiger partial charge in [0.2, 0.25) is 5.91 Å². The molecule has 4 aromatic rings. The first-order valence-corrected chi connectivity index (χ1v) is 16.2. The number of pyridine rings is 1. The summed E-state index contributed by atoms with van der Waals surface area (Å²) in [7, 11) is -1.67. The van der Waals surface area contributed by atoms with Gasteiger partial charge < -0.3 is 14.8 Å². The molecule has 44 heavy (non-hydrogen) atoms. The van der Waals surface area contributed by atoms with E-state index >= 15 is 0 Å². The average Bonchev–Trinajstić information content (AvgIpc) is 3.02. The molecule has 1 atom stereocenters. The van der Waals surface area contributed by atoms with Gasteiger partial charge >= 0.3 is 0 Å². The predicted molar refractivity (Wildman–Crippen MR) is 169 cm³/mol. The molecule has 1 N–H and O–H groups in total. The van der Waals surface area contributed by atoms with Gasteiger partial charge in [0.05, 0.1) is 35.3 Å². The number of hydrogen-bond acceptors (Lipinski definition) is 7. The summed E-state index contributed by atoms with van der Waals surface area (Å²) in [4.78, 5) is 31.6. The molecule has 3 aromatic carbocycles. The van der Waals surface area contributed by atoms with Crippen LogP contribution in [-0.4, -0.2) is 38.0 Å². The van der Waals surface area contributed by atoms with E-state index < -0.39 is 15.3 Å².